The highest BCUT2D eigenvalue weighted by atomic mass is 16.5. The van der Waals surface area contributed by atoms with Gasteiger partial charge in [0.15, 0.2) is 0 Å². The summed E-state index contributed by atoms with van der Waals surface area (Å²) in [5.74, 6) is 1.06. The molecule has 0 atom stereocenters. The first-order valence-electron chi connectivity index (χ1n) is 11.2. The van der Waals surface area contributed by atoms with E-state index in [1.165, 1.54) is 16.7 Å². The number of rotatable bonds is 7. The van der Waals surface area contributed by atoms with Crippen LogP contribution in [0.5, 0.6) is 5.75 Å². The zero-order valence-electron chi connectivity index (χ0n) is 19.1. The molecule has 1 heterocycles. The Labute approximate surface area is 181 Å². The van der Waals surface area contributed by atoms with Crippen molar-refractivity contribution in [2.24, 2.45) is 0 Å². The number of carbonyl (C=O) groups excluding carboxylic acids is 1. The number of ether oxygens (including phenoxy) is 1. The average molecular weight is 409 g/mol. The highest BCUT2D eigenvalue weighted by Crippen LogP contribution is 2.22. The molecule has 2 aromatic rings. The fourth-order valence-corrected chi connectivity index (χ4v) is 3.99. The molecule has 4 heteroatoms. The van der Waals surface area contributed by atoms with E-state index in [2.05, 4.69) is 63.8 Å². The lowest BCUT2D eigenvalue weighted by molar-refractivity contribution is 0.0595. The normalized spacial score (nSPS) is 15.1. The minimum Gasteiger partial charge on any atom is -0.490 e. The van der Waals surface area contributed by atoms with Crippen molar-refractivity contribution < 1.29 is 9.53 Å². The van der Waals surface area contributed by atoms with Crippen LogP contribution in [0.3, 0.4) is 0 Å². The van der Waals surface area contributed by atoms with Crippen molar-refractivity contribution in [1.29, 1.82) is 0 Å². The standard InChI is InChI=1S/C26H36N2O2/c1-6-27(19(2)3)18-22-8-10-23(11-9-22)26(29)28-15-13-24(14-16-28)30-25-12-7-20(4)21(5)17-25/h7-12,17,19,24H,6,13-16,18H2,1-5H3. The van der Waals surface area contributed by atoms with E-state index in [4.69, 9.17) is 4.74 Å². The van der Waals surface area contributed by atoms with E-state index in [9.17, 15) is 4.79 Å². The maximum atomic E-state index is 12.9. The van der Waals surface area contributed by atoms with Crippen LogP contribution in [-0.2, 0) is 6.54 Å². The highest BCUT2D eigenvalue weighted by Gasteiger charge is 2.25. The lowest BCUT2D eigenvalue weighted by atomic mass is 10.0. The van der Waals surface area contributed by atoms with E-state index in [0.29, 0.717) is 6.04 Å². The monoisotopic (exact) mass is 408 g/mol. The molecule has 0 saturated carbocycles. The molecule has 0 unspecified atom stereocenters. The van der Waals surface area contributed by atoms with Gasteiger partial charge in [-0.15, -0.1) is 0 Å². The predicted molar refractivity (Wildman–Crippen MR) is 123 cm³/mol. The van der Waals surface area contributed by atoms with Crippen LogP contribution in [-0.4, -0.2) is 47.5 Å². The molecule has 3 rings (SSSR count). The molecular formula is C26H36N2O2. The van der Waals surface area contributed by atoms with Crippen molar-refractivity contribution in [3.63, 3.8) is 0 Å². The average Bonchev–Trinajstić information content (AvgIpc) is 2.75. The van der Waals surface area contributed by atoms with E-state index in [-0.39, 0.29) is 12.0 Å². The van der Waals surface area contributed by atoms with Gasteiger partial charge < -0.3 is 9.64 Å². The Hall–Kier alpha value is -2.33. The van der Waals surface area contributed by atoms with Gasteiger partial charge in [0.2, 0.25) is 0 Å². The second-order valence-electron chi connectivity index (χ2n) is 8.71. The predicted octanol–water partition coefficient (Wildman–Crippen LogP) is 5.22. The number of aryl methyl sites for hydroxylation is 2. The minimum atomic E-state index is 0.127. The molecule has 0 aromatic heterocycles. The molecule has 1 amide bonds. The first kappa shape index (κ1) is 22.4. The van der Waals surface area contributed by atoms with Gasteiger partial charge in [-0.2, -0.15) is 0 Å². The van der Waals surface area contributed by atoms with Crippen molar-refractivity contribution >= 4 is 5.91 Å². The number of hydrogen-bond donors (Lipinski definition) is 0. The maximum Gasteiger partial charge on any atom is 0.253 e. The van der Waals surface area contributed by atoms with Crippen LogP contribution >= 0.6 is 0 Å². The summed E-state index contributed by atoms with van der Waals surface area (Å²) in [6, 6.07) is 14.9. The number of piperidine rings is 1. The Morgan fingerprint density at radius 3 is 2.30 bits per heavy atom. The Kier molecular flexibility index (Phi) is 7.54. The van der Waals surface area contributed by atoms with Gasteiger partial charge in [-0.25, -0.2) is 0 Å². The molecular weight excluding hydrogens is 372 g/mol. The number of benzene rings is 2. The Balaban J connectivity index is 1.52. The van der Waals surface area contributed by atoms with Crippen LogP contribution in [0.25, 0.3) is 0 Å². The SMILES string of the molecule is CCN(Cc1ccc(C(=O)N2CCC(Oc3ccc(C)c(C)c3)CC2)cc1)C(C)C. The van der Waals surface area contributed by atoms with Crippen molar-refractivity contribution in [1.82, 2.24) is 9.80 Å². The van der Waals surface area contributed by atoms with Gasteiger partial charge >= 0.3 is 0 Å². The molecule has 1 fully saturated rings. The third kappa shape index (κ3) is 5.63. The Bertz CT molecular complexity index is 837. The lowest BCUT2D eigenvalue weighted by Crippen LogP contribution is -2.41. The summed E-state index contributed by atoms with van der Waals surface area (Å²) in [7, 11) is 0. The van der Waals surface area contributed by atoms with Crippen molar-refractivity contribution in [3.05, 3.63) is 64.7 Å². The van der Waals surface area contributed by atoms with E-state index >= 15 is 0 Å². The van der Waals surface area contributed by atoms with Gasteiger partial charge in [0.25, 0.3) is 5.91 Å². The Morgan fingerprint density at radius 1 is 1.07 bits per heavy atom. The molecule has 0 bridgehead atoms. The second kappa shape index (κ2) is 10.1. The fraction of sp³-hybridized carbons (Fsp3) is 0.500. The number of hydrogen-bond acceptors (Lipinski definition) is 3. The van der Waals surface area contributed by atoms with E-state index in [1.54, 1.807) is 0 Å². The van der Waals surface area contributed by atoms with E-state index < -0.39 is 0 Å². The molecule has 1 aliphatic rings. The highest BCUT2D eigenvalue weighted by molar-refractivity contribution is 5.94. The third-order valence-electron chi connectivity index (χ3n) is 6.23. The first-order valence-corrected chi connectivity index (χ1v) is 11.2. The molecule has 0 spiro atoms. The van der Waals surface area contributed by atoms with Crippen molar-refractivity contribution in [2.45, 2.75) is 66.2 Å². The van der Waals surface area contributed by atoms with Gasteiger partial charge in [0.1, 0.15) is 11.9 Å². The number of carbonyl (C=O) groups is 1. The van der Waals surface area contributed by atoms with Crippen LogP contribution in [0.15, 0.2) is 42.5 Å². The van der Waals surface area contributed by atoms with Crippen LogP contribution in [0.1, 0.15) is 60.7 Å². The number of amides is 1. The molecule has 0 aliphatic carbocycles. The fourth-order valence-electron chi connectivity index (χ4n) is 3.99. The van der Waals surface area contributed by atoms with Crippen LogP contribution in [0.4, 0.5) is 0 Å². The summed E-state index contributed by atoms with van der Waals surface area (Å²) < 4.78 is 6.16. The number of likely N-dealkylation sites (tertiary alicyclic amines) is 1. The molecule has 30 heavy (non-hydrogen) atoms. The van der Waals surface area contributed by atoms with Gasteiger partial charge in [-0.05, 0) is 75.2 Å². The summed E-state index contributed by atoms with van der Waals surface area (Å²) in [4.78, 5) is 17.3. The van der Waals surface area contributed by atoms with Crippen molar-refractivity contribution in [2.75, 3.05) is 19.6 Å². The topological polar surface area (TPSA) is 32.8 Å². The smallest absolute Gasteiger partial charge is 0.253 e. The van der Waals surface area contributed by atoms with Crippen LogP contribution < -0.4 is 4.74 Å². The van der Waals surface area contributed by atoms with Gasteiger partial charge in [0.05, 0.1) is 0 Å². The molecule has 1 saturated heterocycles. The molecule has 0 radical (unpaired) electrons. The first-order chi connectivity index (χ1) is 14.4. The van der Waals surface area contributed by atoms with Crippen molar-refractivity contribution in [3.8, 4) is 5.75 Å². The Morgan fingerprint density at radius 2 is 1.73 bits per heavy atom. The van der Waals surface area contributed by atoms with Gasteiger partial charge in [-0.3, -0.25) is 9.69 Å². The second-order valence-corrected chi connectivity index (χ2v) is 8.71. The molecule has 4 nitrogen and oxygen atoms in total. The van der Waals surface area contributed by atoms with Gasteiger partial charge in [-0.1, -0.05) is 25.1 Å². The zero-order chi connectivity index (χ0) is 21.7. The summed E-state index contributed by atoms with van der Waals surface area (Å²) in [6.07, 6.45) is 1.92. The molecule has 1 aliphatic heterocycles. The quantitative estimate of drug-likeness (QED) is 0.630. The van der Waals surface area contributed by atoms with Crippen LogP contribution in [0.2, 0.25) is 0 Å². The summed E-state index contributed by atoms with van der Waals surface area (Å²) in [5, 5.41) is 0. The summed E-state index contributed by atoms with van der Waals surface area (Å²) >= 11 is 0. The van der Waals surface area contributed by atoms with E-state index in [1.807, 2.05) is 23.1 Å². The summed E-state index contributed by atoms with van der Waals surface area (Å²) in [6.45, 7) is 14.3. The van der Waals surface area contributed by atoms with Crippen LogP contribution in [0, 0.1) is 13.8 Å². The van der Waals surface area contributed by atoms with Gasteiger partial charge in [0, 0.05) is 44.1 Å². The molecule has 162 valence electrons. The summed E-state index contributed by atoms with van der Waals surface area (Å²) in [5.41, 5.74) is 4.56. The molecule has 0 N–H and O–H groups in total. The number of nitrogens with zero attached hydrogens (tertiary/aromatic N) is 2. The largest absolute Gasteiger partial charge is 0.490 e. The molecule has 2 aromatic carbocycles. The lowest BCUT2D eigenvalue weighted by Gasteiger charge is -2.32. The maximum absolute atomic E-state index is 12.9. The zero-order valence-corrected chi connectivity index (χ0v) is 19.1. The van der Waals surface area contributed by atoms with E-state index in [0.717, 1.165) is 50.3 Å². The minimum absolute atomic E-state index is 0.127. The third-order valence-corrected chi connectivity index (χ3v) is 6.23.